The first kappa shape index (κ1) is 33.5. The van der Waals surface area contributed by atoms with E-state index in [0.29, 0.717) is 17.1 Å². The van der Waals surface area contributed by atoms with Gasteiger partial charge in [-0.25, -0.2) is 4.99 Å². The Balaban J connectivity index is 1.53. The molecule has 0 spiro atoms. The quantitative estimate of drug-likeness (QED) is 0.218. The van der Waals surface area contributed by atoms with Crippen LogP contribution in [0.25, 0.3) is 6.08 Å². The third-order valence-corrected chi connectivity index (χ3v) is 8.10. The maximum absolute atomic E-state index is 13.8. The summed E-state index contributed by atoms with van der Waals surface area (Å²) in [5, 5.41) is 0.187. The van der Waals surface area contributed by atoms with Crippen molar-refractivity contribution in [2.24, 2.45) is 4.99 Å². The number of hydrogen-bond acceptors (Lipinski definition) is 14. The average Bonchev–Trinajstić information content (AvgIpc) is 3.59. The van der Waals surface area contributed by atoms with Gasteiger partial charge in [0.15, 0.2) is 40.4 Å². The monoisotopic (exact) mass is 668 g/mol. The summed E-state index contributed by atoms with van der Waals surface area (Å²) in [6, 6.07) is 14.4. The van der Waals surface area contributed by atoms with Crippen LogP contribution in [-0.4, -0.2) is 83.1 Å². The zero-order valence-electron chi connectivity index (χ0n) is 25.9. The number of benzene rings is 2. The summed E-state index contributed by atoms with van der Waals surface area (Å²) in [6.45, 7) is 4.47. The lowest BCUT2D eigenvalue weighted by molar-refractivity contribution is -0.237. The first-order valence-corrected chi connectivity index (χ1v) is 15.4. The lowest BCUT2D eigenvalue weighted by Crippen LogP contribution is -2.61. The molecular formula is C32H32N2O12S. The molecule has 248 valence electrons. The molecule has 0 bridgehead atoms. The van der Waals surface area contributed by atoms with Crippen LogP contribution in [0.3, 0.4) is 0 Å². The molecule has 2 aromatic rings. The summed E-state index contributed by atoms with van der Waals surface area (Å²) >= 11 is 0.931. The van der Waals surface area contributed by atoms with Crippen molar-refractivity contribution in [3.8, 4) is 11.5 Å². The molecule has 1 amide bonds. The van der Waals surface area contributed by atoms with E-state index >= 15 is 0 Å². The SMILES string of the molecule is CC(=O)OC[C@H]1O[C@@H](SC2=N/C(=C\c3ccc4c(c3)OCO4)C(=O)N2Cc2ccccc2)[C@H](OC(C)=O)[C@@H](OC(C)=O)[C@@H]1OC(C)=O. The highest BCUT2D eigenvalue weighted by Gasteiger charge is 2.53. The van der Waals surface area contributed by atoms with Crippen LogP contribution < -0.4 is 9.47 Å². The molecule has 15 heteroatoms. The topological polar surface area (TPSA) is 166 Å². The predicted octanol–water partition coefficient (Wildman–Crippen LogP) is 2.97. The third kappa shape index (κ3) is 8.29. The number of thioether (sulfide) groups is 1. The molecule has 3 heterocycles. The van der Waals surface area contributed by atoms with Gasteiger partial charge < -0.3 is 33.2 Å². The molecule has 0 N–H and O–H groups in total. The second kappa shape index (κ2) is 14.7. The Bertz CT molecular complexity index is 1610. The van der Waals surface area contributed by atoms with Crippen LogP contribution in [0.1, 0.15) is 38.8 Å². The van der Waals surface area contributed by atoms with Crippen LogP contribution in [0.5, 0.6) is 11.5 Å². The largest absolute Gasteiger partial charge is 0.463 e. The van der Waals surface area contributed by atoms with E-state index in [9.17, 15) is 24.0 Å². The van der Waals surface area contributed by atoms with Gasteiger partial charge in [-0.05, 0) is 29.3 Å². The van der Waals surface area contributed by atoms with Gasteiger partial charge in [-0.15, -0.1) is 0 Å². The van der Waals surface area contributed by atoms with E-state index < -0.39 is 59.6 Å². The zero-order valence-corrected chi connectivity index (χ0v) is 26.7. The number of ether oxygens (including phenoxy) is 7. The average molecular weight is 669 g/mol. The molecule has 3 aliphatic heterocycles. The number of fused-ring (bicyclic) bond motifs is 1. The lowest BCUT2D eigenvalue weighted by atomic mass is 9.99. The molecule has 14 nitrogen and oxygen atoms in total. The Morgan fingerprint density at radius 1 is 0.872 bits per heavy atom. The van der Waals surface area contributed by atoms with Crippen LogP contribution >= 0.6 is 11.8 Å². The van der Waals surface area contributed by atoms with Crippen molar-refractivity contribution in [2.75, 3.05) is 13.4 Å². The Kier molecular flexibility index (Phi) is 10.5. The van der Waals surface area contributed by atoms with E-state index in [4.69, 9.17) is 33.2 Å². The summed E-state index contributed by atoms with van der Waals surface area (Å²) in [7, 11) is 0. The van der Waals surface area contributed by atoms with Crippen molar-refractivity contribution in [1.82, 2.24) is 4.90 Å². The molecule has 0 aromatic heterocycles. The van der Waals surface area contributed by atoms with Gasteiger partial charge in [-0.3, -0.25) is 28.9 Å². The standard InChI is InChI=1S/C32H32N2O12S/c1-17(35)40-15-26-27(43-18(2)36)28(44-19(3)37)29(45-20(4)38)31(46-26)47-32-33-23(12-22-10-11-24-25(13-22)42-16-41-24)30(39)34(32)14-21-8-6-5-7-9-21/h5-13,26-29,31H,14-16H2,1-4H3/b23-12-/t26-,27-,28+,29-,31+/m1/s1. The van der Waals surface area contributed by atoms with Gasteiger partial charge in [0.25, 0.3) is 5.91 Å². The van der Waals surface area contributed by atoms with Gasteiger partial charge in [-0.2, -0.15) is 0 Å². The summed E-state index contributed by atoms with van der Waals surface area (Å²) in [4.78, 5) is 68.3. The number of amides is 1. The smallest absolute Gasteiger partial charge is 0.303 e. The van der Waals surface area contributed by atoms with Gasteiger partial charge in [0.05, 0.1) is 6.54 Å². The van der Waals surface area contributed by atoms with Gasteiger partial charge in [0.1, 0.15) is 18.4 Å². The summed E-state index contributed by atoms with van der Waals surface area (Å²) in [5.74, 6) is -2.18. The van der Waals surface area contributed by atoms with Gasteiger partial charge in [0, 0.05) is 27.7 Å². The third-order valence-electron chi connectivity index (χ3n) is 6.96. The van der Waals surface area contributed by atoms with Crippen molar-refractivity contribution in [1.29, 1.82) is 0 Å². The van der Waals surface area contributed by atoms with E-state index in [0.717, 1.165) is 38.1 Å². The van der Waals surface area contributed by atoms with E-state index in [1.165, 1.54) is 11.8 Å². The van der Waals surface area contributed by atoms with Crippen LogP contribution in [0.15, 0.2) is 59.2 Å². The molecule has 47 heavy (non-hydrogen) atoms. The van der Waals surface area contributed by atoms with Crippen LogP contribution in [0, 0.1) is 0 Å². The molecule has 0 saturated carbocycles. The van der Waals surface area contributed by atoms with E-state index in [2.05, 4.69) is 4.99 Å². The molecule has 0 radical (unpaired) electrons. The summed E-state index contributed by atoms with van der Waals surface area (Å²) in [6.07, 6.45) is -3.57. The lowest BCUT2D eigenvalue weighted by Gasteiger charge is -2.44. The van der Waals surface area contributed by atoms with E-state index in [1.54, 1.807) is 24.3 Å². The Hall–Kier alpha value is -4.89. The number of carbonyl (C=O) groups excluding carboxylic acids is 5. The van der Waals surface area contributed by atoms with Crippen molar-refractivity contribution in [2.45, 2.75) is 64.1 Å². The maximum Gasteiger partial charge on any atom is 0.303 e. The van der Waals surface area contributed by atoms with Gasteiger partial charge in [0.2, 0.25) is 6.79 Å². The first-order valence-electron chi connectivity index (χ1n) is 14.5. The fourth-order valence-electron chi connectivity index (χ4n) is 5.07. The maximum atomic E-state index is 13.8. The minimum absolute atomic E-state index is 0.0913. The van der Waals surface area contributed by atoms with Gasteiger partial charge >= 0.3 is 23.9 Å². The zero-order chi connectivity index (χ0) is 33.7. The minimum atomic E-state index is -1.36. The number of carbonyl (C=O) groups is 5. The van der Waals surface area contributed by atoms with Crippen LogP contribution in [0.4, 0.5) is 0 Å². The minimum Gasteiger partial charge on any atom is -0.463 e. The molecular weight excluding hydrogens is 636 g/mol. The number of hydrogen-bond donors (Lipinski definition) is 0. The number of nitrogens with zero attached hydrogens (tertiary/aromatic N) is 2. The normalized spacial score (nSPS) is 24.0. The number of esters is 4. The molecule has 1 saturated heterocycles. The van der Waals surface area contributed by atoms with Crippen molar-refractivity contribution >= 4 is 52.8 Å². The van der Waals surface area contributed by atoms with Crippen LogP contribution in [0.2, 0.25) is 0 Å². The Labute approximate surface area is 273 Å². The van der Waals surface area contributed by atoms with Crippen molar-refractivity contribution in [3.05, 3.63) is 65.4 Å². The Morgan fingerprint density at radius 3 is 2.21 bits per heavy atom. The number of rotatable bonds is 9. The molecule has 5 atom stereocenters. The van der Waals surface area contributed by atoms with Crippen molar-refractivity contribution in [3.63, 3.8) is 0 Å². The van der Waals surface area contributed by atoms with Crippen molar-refractivity contribution < 1.29 is 57.1 Å². The summed E-state index contributed by atoms with van der Waals surface area (Å²) in [5.41, 5.74) is 0.373. The van der Waals surface area contributed by atoms with Crippen LogP contribution in [-0.2, 0) is 54.2 Å². The second-order valence-corrected chi connectivity index (χ2v) is 11.7. The number of aliphatic imine (C=N–C) groups is 1. The fraction of sp³-hybridized carbons (Fsp3) is 0.375. The Morgan fingerprint density at radius 2 is 1.53 bits per heavy atom. The predicted molar refractivity (Wildman–Crippen MR) is 165 cm³/mol. The molecule has 2 aromatic carbocycles. The highest BCUT2D eigenvalue weighted by atomic mass is 32.2. The molecule has 1 fully saturated rings. The van der Waals surface area contributed by atoms with E-state index in [-0.39, 0.29) is 30.8 Å². The highest BCUT2D eigenvalue weighted by molar-refractivity contribution is 8.14. The summed E-state index contributed by atoms with van der Waals surface area (Å²) < 4.78 is 38.9. The number of amidine groups is 1. The van der Waals surface area contributed by atoms with Gasteiger partial charge in [-0.1, -0.05) is 48.2 Å². The second-order valence-electron chi connectivity index (χ2n) is 10.6. The molecule has 5 rings (SSSR count). The molecule has 3 aliphatic rings. The molecule has 0 aliphatic carbocycles. The first-order chi connectivity index (χ1) is 22.5. The molecule has 0 unspecified atom stereocenters. The van der Waals surface area contributed by atoms with E-state index in [1.807, 2.05) is 30.3 Å². The fourth-order valence-corrected chi connectivity index (χ4v) is 6.25. The highest BCUT2D eigenvalue weighted by Crippen LogP contribution is 2.38.